The molecule has 0 atom stereocenters. The van der Waals surface area contributed by atoms with Crippen LogP contribution in [-0.4, -0.2) is 60.2 Å². The average molecular weight is 571 g/mol. The third-order valence-electron chi connectivity index (χ3n) is 7.93. The highest BCUT2D eigenvalue weighted by atomic mass is 32.2. The van der Waals surface area contributed by atoms with E-state index in [1.54, 1.807) is 16.4 Å². The van der Waals surface area contributed by atoms with Crippen LogP contribution in [0, 0.1) is 18.2 Å². The second-order valence-corrected chi connectivity index (χ2v) is 14.6. The van der Waals surface area contributed by atoms with Crippen molar-refractivity contribution in [3.8, 4) is 11.3 Å². The van der Waals surface area contributed by atoms with Gasteiger partial charge in [0, 0.05) is 22.5 Å². The summed E-state index contributed by atoms with van der Waals surface area (Å²) in [7, 11) is -3.46. The molecule has 2 saturated heterocycles. The zero-order chi connectivity index (χ0) is 27.8. The maximum atomic E-state index is 13.4. The highest BCUT2D eigenvalue weighted by Crippen LogP contribution is 2.49. The first-order valence-corrected chi connectivity index (χ1v) is 15.7. The number of rotatable bonds is 7. The lowest BCUT2D eigenvalue weighted by Crippen LogP contribution is -2.45. The average Bonchev–Trinajstić information content (AvgIpc) is 3.37. The van der Waals surface area contributed by atoms with E-state index < -0.39 is 15.6 Å². The quantitative estimate of drug-likeness (QED) is 0.417. The van der Waals surface area contributed by atoms with E-state index in [1.807, 2.05) is 51.1 Å². The summed E-state index contributed by atoms with van der Waals surface area (Å²) in [6, 6.07) is 15.5. The third-order valence-corrected chi connectivity index (χ3v) is 10.8. The van der Waals surface area contributed by atoms with Crippen molar-refractivity contribution in [3.05, 3.63) is 70.9 Å². The van der Waals surface area contributed by atoms with E-state index in [4.69, 9.17) is 0 Å². The molecule has 2 aliphatic heterocycles. The molecule has 3 aromatic rings. The topological polar surface area (TPSA) is 82.6 Å². The predicted molar refractivity (Wildman–Crippen MR) is 153 cm³/mol. The minimum Gasteiger partial charge on any atom is -0.301 e. The molecule has 1 N–H and O–H groups in total. The number of benzene rings is 2. The fourth-order valence-corrected chi connectivity index (χ4v) is 9.04. The summed E-state index contributed by atoms with van der Waals surface area (Å²) in [5, 5.41) is 3.45. The second kappa shape index (κ2) is 10.7. The van der Waals surface area contributed by atoms with Crippen molar-refractivity contribution in [2.75, 3.05) is 31.5 Å². The van der Waals surface area contributed by atoms with Crippen LogP contribution in [0.5, 0.6) is 0 Å². The molecular weight excluding hydrogens is 535 g/mol. The molecule has 0 saturated carbocycles. The number of thiazole rings is 1. The van der Waals surface area contributed by atoms with E-state index in [9.17, 15) is 17.6 Å². The van der Waals surface area contributed by atoms with Gasteiger partial charge in [0.1, 0.15) is 5.82 Å². The summed E-state index contributed by atoms with van der Waals surface area (Å²) in [5.74, 6) is -0.408. The number of likely N-dealkylation sites (tertiary alicyclic amines) is 1. The number of hydrogen-bond acceptors (Lipinski definition) is 6. The molecule has 1 aromatic heterocycles. The van der Waals surface area contributed by atoms with Crippen LogP contribution in [-0.2, 0) is 20.6 Å². The van der Waals surface area contributed by atoms with Gasteiger partial charge in [-0.1, -0.05) is 30.3 Å². The standard InChI is InChI=1S/C29H35FN4O3S2/c1-21-26(23-9-11-24(30)12-10-23)32-27(38-21)31-25(35)17-33-15-13-29(14-16-33)19-28(2,3)34(20-29)39(36,37)18-22-7-5-4-6-8-22/h4-12H,13-20H2,1-3H3,(H,31,32,35). The van der Waals surface area contributed by atoms with Crippen LogP contribution in [0.2, 0.25) is 0 Å². The number of nitrogens with one attached hydrogen (secondary N) is 1. The zero-order valence-electron chi connectivity index (χ0n) is 22.6. The van der Waals surface area contributed by atoms with Crippen LogP contribution in [0.25, 0.3) is 11.3 Å². The Balaban J connectivity index is 1.17. The molecule has 2 aromatic carbocycles. The monoisotopic (exact) mass is 570 g/mol. The highest BCUT2D eigenvalue weighted by Gasteiger charge is 2.53. The minimum atomic E-state index is -3.46. The molecule has 0 aliphatic carbocycles. The largest absolute Gasteiger partial charge is 0.301 e. The summed E-state index contributed by atoms with van der Waals surface area (Å²) in [5.41, 5.74) is 1.84. The molecular formula is C29H35FN4O3S2. The van der Waals surface area contributed by atoms with Gasteiger partial charge < -0.3 is 5.32 Å². The fraction of sp³-hybridized carbons (Fsp3) is 0.448. The van der Waals surface area contributed by atoms with E-state index in [1.165, 1.54) is 23.5 Å². The summed E-state index contributed by atoms with van der Waals surface area (Å²) in [6.45, 7) is 8.27. The van der Waals surface area contributed by atoms with Gasteiger partial charge in [-0.05, 0) is 88.4 Å². The lowest BCUT2D eigenvalue weighted by Gasteiger charge is -2.39. The van der Waals surface area contributed by atoms with Crippen molar-refractivity contribution in [3.63, 3.8) is 0 Å². The van der Waals surface area contributed by atoms with Crippen molar-refractivity contribution in [1.29, 1.82) is 0 Å². The van der Waals surface area contributed by atoms with Crippen LogP contribution in [0.4, 0.5) is 9.52 Å². The Morgan fingerprint density at radius 3 is 2.41 bits per heavy atom. The van der Waals surface area contributed by atoms with Gasteiger partial charge in [-0.25, -0.2) is 17.8 Å². The SMILES string of the molecule is Cc1sc(NC(=O)CN2CCC3(CC2)CN(S(=O)(=O)Cc2ccccc2)C(C)(C)C3)nc1-c1ccc(F)cc1. The number of sulfonamides is 1. The Bertz CT molecular complexity index is 1430. The molecule has 2 fully saturated rings. The van der Waals surface area contributed by atoms with E-state index in [0.29, 0.717) is 11.7 Å². The van der Waals surface area contributed by atoms with Gasteiger partial charge in [0.05, 0.1) is 18.0 Å². The Kier molecular flexibility index (Phi) is 7.67. The van der Waals surface area contributed by atoms with E-state index >= 15 is 0 Å². The van der Waals surface area contributed by atoms with Crippen molar-refractivity contribution < 1.29 is 17.6 Å². The Morgan fingerprint density at radius 2 is 1.74 bits per heavy atom. The molecule has 5 rings (SSSR count). The number of nitrogens with zero attached hydrogens (tertiary/aromatic N) is 3. The predicted octanol–water partition coefficient (Wildman–Crippen LogP) is 5.29. The molecule has 3 heterocycles. The number of piperidine rings is 1. The highest BCUT2D eigenvalue weighted by molar-refractivity contribution is 7.88. The molecule has 1 spiro atoms. The van der Waals surface area contributed by atoms with Gasteiger partial charge in [0.2, 0.25) is 15.9 Å². The van der Waals surface area contributed by atoms with E-state index in [2.05, 4.69) is 15.2 Å². The summed E-state index contributed by atoms with van der Waals surface area (Å²) in [4.78, 5) is 20.5. The first kappa shape index (κ1) is 27.9. The van der Waals surface area contributed by atoms with Crippen LogP contribution >= 0.6 is 11.3 Å². The van der Waals surface area contributed by atoms with Crippen LogP contribution in [0.15, 0.2) is 54.6 Å². The second-order valence-electron chi connectivity index (χ2n) is 11.5. The molecule has 39 heavy (non-hydrogen) atoms. The number of halogens is 1. The number of carbonyl (C=O) groups is 1. The maximum absolute atomic E-state index is 13.4. The normalized spacial score (nSPS) is 19.4. The Morgan fingerprint density at radius 1 is 1.08 bits per heavy atom. The van der Waals surface area contributed by atoms with Gasteiger partial charge in [-0.15, -0.1) is 11.3 Å². The van der Waals surface area contributed by atoms with Crippen molar-refractivity contribution in [2.45, 2.75) is 51.3 Å². The molecule has 0 bridgehead atoms. The Labute approximate surface area is 234 Å². The number of hydrogen-bond donors (Lipinski definition) is 1. The van der Waals surface area contributed by atoms with Gasteiger partial charge in [-0.3, -0.25) is 9.69 Å². The van der Waals surface area contributed by atoms with Crippen molar-refractivity contribution in [2.24, 2.45) is 5.41 Å². The van der Waals surface area contributed by atoms with Crippen LogP contribution in [0.1, 0.15) is 43.6 Å². The maximum Gasteiger partial charge on any atom is 0.240 e. The van der Waals surface area contributed by atoms with Crippen molar-refractivity contribution in [1.82, 2.24) is 14.2 Å². The van der Waals surface area contributed by atoms with Gasteiger partial charge in [0.25, 0.3) is 0 Å². The molecule has 1 amide bonds. The number of carbonyl (C=O) groups excluding carboxylic acids is 1. The molecule has 7 nitrogen and oxygen atoms in total. The Hall–Kier alpha value is -2.66. The number of aromatic nitrogens is 1. The van der Waals surface area contributed by atoms with Gasteiger partial charge >= 0.3 is 0 Å². The molecule has 10 heteroatoms. The fourth-order valence-electron chi connectivity index (χ4n) is 6.13. The van der Waals surface area contributed by atoms with E-state index in [-0.39, 0.29) is 29.4 Å². The van der Waals surface area contributed by atoms with Crippen LogP contribution < -0.4 is 5.32 Å². The molecule has 2 aliphatic rings. The van der Waals surface area contributed by atoms with E-state index in [0.717, 1.165) is 54.0 Å². The van der Waals surface area contributed by atoms with Gasteiger partial charge in [0.15, 0.2) is 5.13 Å². The first-order chi connectivity index (χ1) is 18.4. The smallest absolute Gasteiger partial charge is 0.240 e. The molecule has 0 unspecified atom stereocenters. The minimum absolute atomic E-state index is 0.0126. The summed E-state index contributed by atoms with van der Waals surface area (Å²) >= 11 is 1.40. The zero-order valence-corrected chi connectivity index (χ0v) is 24.2. The number of anilines is 1. The first-order valence-electron chi connectivity index (χ1n) is 13.2. The van der Waals surface area contributed by atoms with Crippen LogP contribution in [0.3, 0.4) is 0 Å². The summed E-state index contributed by atoms with van der Waals surface area (Å²) < 4.78 is 41.8. The van der Waals surface area contributed by atoms with Gasteiger partial charge in [-0.2, -0.15) is 4.31 Å². The number of aryl methyl sites for hydroxylation is 1. The van der Waals surface area contributed by atoms with Crippen molar-refractivity contribution >= 4 is 32.4 Å². The molecule has 208 valence electrons. The summed E-state index contributed by atoms with van der Waals surface area (Å²) in [6.07, 6.45) is 2.52. The lowest BCUT2D eigenvalue weighted by molar-refractivity contribution is -0.117. The lowest BCUT2D eigenvalue weighted by atomic mass is 9.74. The third kappa shape index (κ3) is 6.24. The number of amides is 1. The molecule has 0 radical (unpaired) electrons.